The van der Waals surface area contributed by atoms with Crippen LogP contribution in [-0.2, 0) is 9.59 Å². The lowest BCUT2D eigenvalue weighted by Crippen LogP contribution is -2.45. The highest BCUT2D eigenvalue weighted by molar-refractivity contribution is 5.87. The van der Waals surface area contributed by atoms with E-state index in [1.54, 1.807) is 14.0 Å². The summed E-state index contributed by atoms with van der Waals surface area (Å²) in [7, 11) is 1.55. The van der Waals surface area contributed by atoms with Crippen molar-refractivity contribution >= 4 is 11.8 Å². The molecule has 2 unspecified atom stereocenters. The molecule has 0 aliphatic rings. The second kappa shape index (κ2) is 7.23. The molecule has 0 radical (unpaired) electrons. The van der Waals surface area contributed by atoms with Gasteiger partial charge in [0, 0.05) is 19.5 Å². The van der Waals surface area contributed by atoms with Gasteiger partial charge in [0.25, 0.3) is 0 Å². The molecule has 2 atom stereocenters. The molecule has 0 aliphatic carbocycles. The van der Waals surface area contributed by atoms with Crippen molar-refractivity contribution in [3.63, 3.8) is 0 Å². The highest BCUT2D eigenvalue weighted by Gasteiger charge is 2.15. The van der Waals surface area contributed by atoms with Gasteiger partial charge in [0.05, 0.1) is 0 Å². The monoisotopic (exact) mass is 215 g/mol. The fraction of sp³-hybridized carbons (Fsp3) is 0.800. The fourth-order valence-electron chi connectivity index (χ4n) is 1.28. The van der Waals surface area contributed by atoms with Crippen LogP contribution in [0.15, 0.2) is 0 Å². The number of carbonyl (C=O) groups is 2. The Balaban J connectivity index is 3.87. The molecule has 88 valence electrons. The zero-order valence-electron chi connectivity index (χ0n) is 9.89. The first-order valence-electron chi connectivity index (χ1n) is 5.25. The first-order valence-corrected chi connectivity index (χ1v) is 5.25. The Labute approximate surface area is 91.0 Å². The predicted molar refractivity (Wildman–Crippen MR) is 59.4 cm³/mol. The molecule has 5 heteroatoms. The van der Waals surface area contributed by atoms with Crippen molar-refractivity contribution in [2.24, 2.45) is 0 Å². The number of likely N-dealkylation sites (N-methyl/N-ethyl adjacent to an activating group) is 1. The van der Waals surface area contributed by atoms with Crippen LogP contribution in [0.5, 0.6) is 0 Å². The lowest BCUT2D eigenvalue weighted by atomic mass is 10.2. The molecule has 0 saturated heterocycles. The highest BCUT2D eigenvalue weighted by Crippen LogP contribution is 1.91. The van der Waals surface area contributed by atoms with Gasteiger partial charge in [-0.2, -0.15) is 0 Å². The van der Waals surface area contributed by atoms with Gasteiger partial charge in [0.2, 0.25) is 11.8 Å². The molecular formula is C10H21N3O2. The number of carbonyl (C=O) groups excluding carboxylic acids is 2. The van der Waals surface area contributed by atoms with E-state index in [0.717, 1.165) is 6.54 Å². The fourth-order valence-corrected chi connectivity index (χ4v) is 1.28. The average molecular weight is 215 g/mol. The van der Waals surface area contributed by atoms with Gasteiger partial charge in [-0.05, 0) is 20.4 Å². The molecule has 5 nitrogen and oxygen atoms in total. The zero-order chi connectivity index (χ0) is 11.8. The Morgan fingerprint density at radius 1 is 1.27 bits per heavy atom. The molecular weight excluding hydrogens is 194 g/mol. The second-order valence-electron chi connectivity index (χ2n) is 3.57. The van der Waals surface area contributed by atoms with Crippen molar-refractivity contribution in [3.8, 4) is 0 Å². The molecule has 0 aromatic rings. The third-order valence-corrected chi connectivity index (χ3v) is 2.06. The van der Waals surface area contributed by atoms with Crippen molar-refractivity contribution in [3.05, 3.63) is 0 Å². The van der Waals surface area contributed by atoms with Gasteiger partial charge in [0.15, 0.2) is 0 Å². The van der Waals surface area contributed by atoms with Crippen LogP contribution in [0.25, 0.3) is 0 Å². The Morgan fingerprint density at radius 2 is 1.87 bits per heavy atom. The van der Waals surface area contributed by atoms with Crippen LogP contribution in [0.1, 0.15) is 27.2 Å². The number of nitrogens with one attached hydrogen (secondary N) is 3. The van der Waals surface area contributed by atoms with Crippen LogP contribution in [-0.4, -0.2) is 37.5 Å². The van der Waals surface area contributed by atoms with Gasteiger partial charge < -0.3 is 16.0 Å². The number of amides is 2. The van der Waals surface area contributed by atoms with E-state index >= 15 is 0 Å². The largest absolute Gasteiger partial charge is 0.357 e. The number of hydrogen-bond acceptors (Lipinski definition) is 3. The lowest BCUT2D eigenvalue weighted by molar-refractivity contribution is -0.128. The van der Waals surface area contributed by atoms with Gasteiger partial charge in [-0.3, -0.25) is 9.59 Å². The van der Waals surface area contributed by atoms with Crippen molar-refractivity contribution in [2.45, 2.75) is 39.3 Å². The summed E-state index contributed by atoms with van der Waals surface area (Å²) in [5.74, 6) is -0.293. The maximum absolute atomic E-state index is 11.4. The standard InChI is InChI=1S/C10H21N3O2/c1-5-12-7(2)6-9(14)13-8(3)10(15)11-4/h7-8,12H,5-6H2,1-4H3,(H,11,15)(H,13,14). The van der Waals surface area contributed by atoms with E-state index < -0.39 is 6.04 Å². The summed E-state index contributed by atoms with van der Waals surface area (Å²) in [5, 5.41) is 8.24. The zero-order valence-corrected chi connectivity index (χ0v) is 9.89. The van der Waals surface area contributed by atoms with Crippen molar-refractivity contribution in [1.82, 2.24) is 16.0 Å². The first kappa shape index (κ1) is 13.9. The van der Waals surface area contributed by atoms with E-state index in [0.29, 0.717) is 6.42 Å². The van der Waals surface area contributed by atoms with Gasteiger partial charge in [-0.25, -0.2) is 0 Å². The predicted octanol–water partition coefficient (Wildman–Crippen LogP) is -0.375. The van der Waals surface area contributed by atoms with E-state index in [1.807, 2.05) is 13.8 Å². The van der Waals surface area contributed by atoms with Gasteiger partial charge >= 0.3 is 0 Å². The van der Waals surface area contributed by atoms with Crippen LogP contribution >= 0.6 is 0 Å². The van der Waals surface area contributed by atoms with Crippen molar-refractivity contribution in [2.75, 3.05) is 13.6 Å². The average Bonchev–Trinajstić information content (AvgIpc) is 2.16. The van der Waals surface area contributed by atoms with Crippen molar-refractivity contribution in [1.29, 1.82) is 0 Å². The minimum Gasteiger partial charge on any atom is -0.357 e. The summed E-state index contributed by atoms with van der Waals surface area (Å²) >= 11 is 0. The molecule has 0 rings (SSSR count). The molecule has 0 aromatic carbocycles. The molecule has 0 spiro atoms. The molecule has 3 N–H and O–H groups in total. The Kier molecular flexibility index (Phi) is 6.70. The van der Waals surface area contributed by atoms with Gasteiger partial charge in [-0.1, -0.05) is 6.92 Å². The third kappa shape index (κ3) is 6.06. The molecule has 0 saturated carbocycles. The molecule has 0 bridgehead atoms. The van der Waals surface area contributed by atoms with E-state index in [1.165, 1.54) is 0 Å². The first-order chi connectivity index (χ1) is 7.01. The molecule has 0 aromatic heterocycles. The van der Waals surface area contributed by atoms with Gasteiger partial charge in [-0.15, -0.1) is 0 Å². The minimum absolute atomic E-state index is 0.112. The lowest BCUT2D eigenvalue weighted by Gasteiger charge is -2.15. The van der Waals surface area contributed by atoms with E-state index in [9.17, 15) is 9.59 Å². The maximum Gasteiger partial charge on any atom is 0.242 e. The molecule has 0 heterocycles. The summed E-state index contributed by atoms with van der Waals surface area (Å²) in [6, 6.07) is -0.344. The maximum atomic E-state index is 11.4. The number of rotatable bonds is 6. The summed E-state index contributed by atoms with van der Waals surface area (Å²) in [5.41, 5.74) is 0. The quantitative estimate of drug-likeness (QED) is 0.566. The molecule has 2 amide bonds. The summed E-state index contributed by atoms with van der Waals surface area (Å²) in [6.07, 6.45) is 0.384. The van der Waals surface area contributed by atoms with Crippen LogP contribution in [0.3, 0.4) is 0 Å². The van der Waals surface area contributed by atoms with E-state index in [4.69, 9.17) is 0 Å². The molecule has 0 fully saturated rings. The third-order valence-electron chi connectivity index (χ3n) is 2.06. The SMILES string of the molecule is CCNC(C)CC(=O)NC(C)C(=O)NC. The van der Waals surface area contributed by atoms with Crippen molar-refractivity contribution < 1.29 is 9.59 Å². The number of hydrogen-bond donors (Lipinski definition) is 3. The van der Waals surface area contributed by atoms with E-state index in [-0.39, 0.29) is 17.9 Å². The highest BCUT2D eigenvalue weighted by atomic mass is 16.2. The molecule has 15 heavy (non-hydrogen) atoms. The topological polar surface area (TPSA) is 70.2 Å². The normalized spacial score (nSPS) is 14.1. The van der Waals surface area contributed by atoms with Crippen LogP contribution in [0.4, 0.5) is 0 Å². The summed E-state index contributed by atoms with van der Waals surface area (Å²) < 4.78 is 0. The summed E-state index contributed by atoms with van der Waals surface area (Å²) in [4.78, 5) is 22.5. The smallest absolute Gasteiger partial charge is 0.242 e. The second-order valence-corrected chi connectivity index (χ2v) is 3.57. The Hall–Kier alpha value is -1.10. The van der Waals surface area contributed by atoms with Crippen LogP contribution in [0.2, 0.25) is 0 Å². The van der Waals surface area contributed by atoms with E-state index in [2.05, 4.69) is 16.0 Å². The van der Waals surface area contributed by atoms with Crippen LogP contribution in [0, 0.1) is 0 Å². The Morgan fingerprint density at radius 3 is 2.33 bits per heavy atom. The van der Waals surface area contributed by atoms with Gasteiger partial charge in [0.1, 0.15) is 6.04 Å². The molecule has 0 aliphatic heterocycles. The van der Waals surface area contributed by atoms with Crippen LogP contribution < -0.4 is 16.0 Å². The summed E-state index contributed by atoms with van der Waals surface area (Å²) in [6.45, 7) is 6.42. The minimum atomic E-state index is -0.476. The Bertz CT molecular complexity index is 219.